The minimum absolute atomic E-state index is 0.192. The first-order valence-electron chi connectivity index (χ1n) is 9.45. The van der Waals surface area contributed by atoms with Gasteiger partial charge in [-0.2, -0.15) is 0 Å². The lowest BCUT2D eigenvalue weighted by Crippen LogP contribution is -2.32. The third-order valence-electron chi connectivity index (χ3n) is 4.85. The van der Waals surface area contributed by atoms with Crippen molar-refractivity contribution in [1.29, 1.82) is 0 Å². The number of imide groups is 1. The molecule has 0 radical (unpaired) electrons. The van der Waals surface area contributed by atoms with Crippen LogP contribution in [0.25, 0.3) is 5.57 Å². The van der Waals surface area contributed by atoms with Crippen LogP contribution in [0.1, 0.15) is 35.8 Å². The molecule has 6 heteroatoms. The maximum absolute atomic E-state index is 13.2. The highest BCUT2D eigenvalue weighted by Crippen LogP contribution is 2.33. The van der Waals surface area contributed by atoms with Crippen LogP contribution >= 0.6 is 11.3 Å². The largest absolute Gasteiger partial charge is 0.350 e. The molecule has 1 aliphatic rings. The Bertz CT molecular complexity index is 1060. The van der Waals surface area contributed by atoms with E-state index in [1.54, 1.807) is 18.5 Å². The molecule has 0 saturated heterocycles. The number of anilines is 1. The quantitative estimate of drug-likeness (QED) is 0.608. The molecule has 5 nitrogen and oxygen atoms in total. The number of benzene rings is 1. The lowest BCUT2D eigenvalue weighted by Gasteiger charge is -2.15. The first-order chi connectivity index (χ1) is 14.0. The van der Waals surface area contributed by atoms with Crippen molar-refractivity contribution in [3.05, 3.63) is 88.0 Å². The van der Waals surface area contributed by atoms with Gasteiger partial charge in [-0.3, -0.25) is 19.5 Å². The number of nitrogens with zero attached hydrogens (tertiary/aromatic N) is 2. The molecule has 29 heavy (non-hydrogen) atoms. The second-order valence-electron chi connectivity index (χ2n) is 7.19. The fourth-order valence-electron chi connectivity index (χ4n) is 3.25. The summed E-state index contributed by atoms with van der Waals surface area (Å²) in [6, 6.07) is 15.3. The zero-order valence-corrected chi connectivity index (χ0v) is 17.1. The van der Waals surface area contributed by atoms with Gasteiger partial charge in [0.25, 0.3) is 11.8 Å². The summed E-state index contributed by atoms with van der Waals surface area (Å²) in [5.41, 5.74) is 3.54. The van der Waals surface area contributed by atoms with Crippen molar-refractivity contribution < 1.29 is 9.59 Å². The Kier molecular flexibility index (Phi) is 5.27. The van der Waals surface area contributed by atoms with E-state index in [-0.39, 0.29) is 18.4 Å². The Morgan fingerprint density at radius 2 is 1.83 bits per heavy atom. The number of nitrogens with one attached hydrogen (secondary N) is 1. The molecule has 0 atom stereocenters. The number of rotatable bonds is 6. The molecule has 2 aromatic heterocycles. The van der Waals surface area contributed by atoms with Crippen molar-refractivity contribution in [2.75, 3.05) is 5.32 Å². The lowest BCUT2D eigenvalue weighted by atomic mass is 10.0. The molecular weight excluding hydrogens is 382 g/mol. The Morgan fingerprint density at radius 3 is 2.45 bits per heavy atom. The Hall–Kier alpha value is -3.25. The minimum Gasteiger partial charge on any atom is -0.350 e. The van der Waals surface area contributed by atoms with Gasteiger partial charge in [0.1, 0.15) is 5.70 Å². The first kappa shape index (κ1) is 19.1. The van der Waals surface area contributed by atoms with Gasteiger partial charge in [-0.1, -0.05) is 38.1 Å². The molecule has 0 unspecified atom stereocenters. The van der Waals surface area contributed by atoms with Crippen molar-refractivity contribution in [2.24, 2.45) is 0 Å². The molecule has 0 spiro atoms. The van der Waals surface area contributed by atoms with Crippen LogP contribution in [0.4, 0.5) is 5.69 Å². The molecule has 0 saturated carbocycles. The van der Waals surface area contributed by atoms with Crippen LogP contribution in [-0.2, 0) is 16.1 Å². The molecule has 0 aliphatic carbocycles. The summed E-state index contributed by atoms with van der Waals surface area (Å²) >= 11 is 1.45. The monoisotopic (exact) mass is 403 g/mol. The van der Waals surface area contributed by atoms with Crippen LogP contribution in [0.5, 0.6) is 0 Å². The van der Waals surface area contributed by atoms with Gasteiger partial charge in [-0.15, -0.1) is 11.3 Å². The van der Waals surface area contributed by atoms with Crippen LogP contribution in [0.15, 0.2) is 72.0 Å². The second kappa shape index (κ2) is 8.01. The maximum atomic E-state index is 13.2. The van der Waals surface area contributed by atoms with E-state index < -0.39 is 0 Å². The molecule has 1 aliphatic heterocycles. The van der Waals surface area contributed by atoms with E-state index in [1.807, 2.05) is 47.8 Å². The topological polar surface area (TPSA) is 62.3 Å². The predicted molar refractivity (Wildman–Crippen MR) is 115 cm³/mol. The molecule has 4 rings (SSSR count). The summed E-state index contributed by atoms with van der Waals surface area (Å²) in [6.07, 6.45) is 3.34. The van der Waals surface area contributed by atoms with Crippen molar-refractivity contribution >= 4 is 34.4 Å². The third-order valence-corrected chi connectivity index (χ3v) is 5.73. The van der Waals surface area contributed by atoms with E-state index >= 15 is 0 Å². The Morgan fingerprint density at radius 1 is 1.03 bits per heavy atom. The molecule has 3 heterocycles. The number of hydrogen-bond acceptors (Lipinski definition) is 5. The molecule has 1 aromatic carbocycles. The summed E-state index contributed by atoms with van der Waals surface area (Å²) in [6.45, 7) is 4.46. The standard InChI is InChI=1S/C23H21N3O2S/c1-15(2)17-7-9-18(10-8-17)25-21-20(19-6-4-12-29-19)22(27)26(23(21)28)14-16-5-3-11-24-13-16/h3-13,15,25H,14H2,1-2H3. The second-order valence-corrected chi connectivity index (χ2v) is 8.13. The minimum atomic E-state index is -0.324. The van der Waals surface area contributed by atoms with E-state index in [0.29, 0.717) is 17.2 Å². The first-order valence-corrected chi connectivity index (χ1v) is 10.3. The number of amides is 2. The number of pyridine rings is 1. The third kappa shape index (κ3) is 3.84. The van der Waals surface area contributed by atoms with Crippen LogP contribution < -0.4 is 5.32 Å². The van der Waals surface area contributed by atoms with E-state index in [9.17, 15) is 9.59 Å². The average molecular weight is 404 g/mol. The summed E-state index contributed by atoms with van der Waals surface area (Å²) in [5.74, 6) is -0.188. The number of carbonyl (C=O) groups excluding carboxylic acids is 2. The fraction of sp³-hybridized carbons (Fsp3) is 0.174. The number of carbonyl (C=O) groups is 2. The van der Waals surface area contributed by atoms with Gasteiger partial charge < -0.3 is 5.32 Å². The fourth-order valence-corrected chi connectivity index (χ4v) is 4.02. The molecule has 2 amide bonds. The smallest absolute Gasteiger partial charge is 0.278 e. The molecule has 1 N–H and O–H groups in total. The highest BCUT2D eigenvalue weighted by molar-refractivity contribution is 7.11. The summed E-state index contributed by atoms with van der Waals surface area (Å²) in [7, 11) is 0. The summed E-state index contributed by atoms with van der Waals surface area (Å²) in [5, 5.41) is 5.10. The maximum Gasteiger partial charge on any atom is 0.278 e. The van der Waals surface area contributed by atoms with Crippen molar-refractivity contribution in [1.82, 2.24) is 9.88 Å². The zero-order valence-electron chi connectivity index (χ0n) is 16.3. The van der Waals surface area contributed by atoms with E-state index in [4.69, 9.17) is 0 Å². The van der Waals surface area contributed by atoms with E-state index in [1.165, 1.54) is 21.8 Å². The van der Waals surface area contributed by atoms with Gasteiger partial charge in [-0.05, 0) is 46.7 Å². The van der Waals surface area contributed by atoms with Crippen molar-refractivity contribution in [3.8, 4) is 0 Å². The van der Waals surface area contributed by atoms with Crippen molar-refractivity contribution in [2.45, 2.75) is 26.3 Å². The molecule has 0 bridgehead atoms. The van der Waals surface area contributed by atoms with Gasteiger partial charge in [0, 0.05) is 23.0 Å². The van der Waals surface area contributed by atoms with Crippen molar-refractivity contribution in [3.63, 3.8) is 0 Å². The summed E-state index contributed by atoms with van der Waals surface area (Å²) in [4.78, 5) is 32.5. The van der Waals surface area contributed by atoms with Gasteiger partial charge >= 0.3 is 0 Å². The molecule has 146 valence electrons. The highest BCUT2D eigenvalue weighted by Gasteiger charge is 2.39. The number of aromatic nitrogens is 1. The molecular formula is C23H21N3O2S. The van der Waals surface area contributed by atoms with Gasteiger partial charge in [0.15, 0.2) is 0 Å². The summed E-state index contributed by atoms with van der Waals surface area (Å²) < 4.78 is 0. The number of thiophene rings is 1. The molecule has 3 aromatic rings. The Labute approximate surface area is 173 Å². The van der Waals surface area contributed by atoms with E-state index in [0.717, 1.165) is 16.1 Å². The highest BCUT2D eigenvalue weighted by atomic mass is 32.1. The normalized spacial score (nSPS) is 14.2. The SMILES string of the molecule is CC(C)c1ccc(NC2=C(c3cccs3)C(=O)N(Cc3cccnc3)C2=O)cc1. The predicted octanol–water partition coefficient (Wildman–Crippen LogP) is 4.66. The number of hydrogen-bond donors (Lipinski definition) is 1. The average Bonchev–Trinajstić information content (AvgIpc) is 3.33. The zero-order chi connectivity index (χ0) is 20.4. The van der Waals surface area contributed by atoms with Gasteiger partial charge in [-0.25, -0.2) is 0 Å². The van der Waals surface area contributed by atoms with Crippen LogP contribution in [0.3, 0.4) is 0 Å². The van der Waals surface area contributed by atoms with Gasteiger partial charge in [0.2, 0.25) is 0 Å². The molecule has 0 fully saturated rings. The van der Waals surface area contributed by atoms with Crippen LogP contribution in [-0.4, -0.2) is 21.7 Å². The van der Waals surface area contributed by atoms with Crippen LogP contribution in [0, 0.1) is 0 Å². The Balaban J connectivity index is 1.67. The van der Waals surface area contributed by atoms with Crippen LogP contribution in [0.2, 0.25) is 0 Å². The van der Waals surface area contributed by atoms with E-state index in [2.05, 4.69) is 24.1 Å². The lowest BCUT2D eigenvalue weighted by molar-refractivity contribution is -0.137. The van der Waals surface area contributed by atoms with Gasteiger partial charge in [0.05, 0.1) is 12.1 Å².